The molecule has 39 heavy (non-hydrogen) atoms. The van der Waals surface area contributed by atoms with E-state index in [-0.39, 0.29) is 16.6 Å². The second-order valence-corrected chi connectivity index (χ2v) is 10.1. The minimum absolute atomic E-state index is 0.0884. The molecule has 1 amide bonds. The van der Waals surface area contributed by atoms with Gasteiger partial charge < -0.3 is 9.88 Å². The van der Waals surface area contributed by atoms with Crippen LogP contribution in [-0.2, 0) is 6.18 Å². The Bertz CT molecular complexity index is 1650. The van der Waals surface area contributed by atoms with Crippen LogP contribution in [-0.4, -0.2) is 38.7 Å². The van der Waals surface area contributed by atoms with Crippen LogP contribution in [0.3, 0.4) is 0 Å². The lowest BCUT2D eigenvalue weighted by Crippen LogP contribution is -2.37. The number of likely N-dealkylation sites (tertiary alicyclic amines) is 1. The van der Waals surface area contributed by atoms with E-state index in [1.54, 1.807) is 48.5 Å². The van der Waals surface area contributed by atoms with E-state index in [0.717, 1.165) is 24.4 Å². The van der Waals surface area contributed by atoms with Crippen LogP contribution in [0.2, 0.25) is 5.02 Å². The highest BCUT2D eigenvalue weighted by Crippen LogP contribution is 2.36. The molecule has 5 aromatic rings. The number of aromatic amines is 1. The van der Waals surface area contributed by atoms with E-state index in [1.165, 1.54) is 15.6 Å². The van der Waals surface area contributed by atoms with Gasteiger partial charge in [0.2, 0.25) is 0 Å². The fraction of sp³-hybridized carbons (Fsp3) is 0.200. The Morgan fingerprint density at radius 3 is 2.36 bits per heavy atom. The van der Waals surface area contributed by atoms with Crippen LogP contribution >= 0.6 is 11.6 Å². The van der Waals surface area contributed by atoms with Gasteiger partial charge >= 0.3 is 6.18 Å². The zero-order chi connectivity index (χ0) is 27.1. The van der Waals surface area contributed by atoms with Crippen molar-refractivity contribution in [2.24, 2.45) is 0 Å². The SMILES string of the molecule is O=C(c1ccc(-c2cc(C(F)(F)F)nn2-c2ccccc2Cl)cc1)N1CCC(c2c[nH]c3ccccc23)CC1. The summed E-state index contributed by atoms with van der Waals surface area (Å²) >= 11 is 6.27. The van der Waals surface area contributed by atoms with Gasteiger partial charge in [0.05, 0.1) is 16.4 Å². The molecular weight excluding hydrogens is 525 g/mol. The smallest absolute Gasteiger partial charge is 0.361 e. The van der Waals surface area contributed by atoms with Crippen molar-refractivity contribution in [3.8, 4) is 16.9 Å². The first-order valence-electron chi connectivity index (χ1n) is 12.7. The fourth-order valence-electron chi connectivity index (χ4n) is 5.32. The van der Waals surface area contributed by atoms with Gasteiger partial charge in [-0.15, -0.1) is 0 Å². The van der Waals surface area contributed by atoms with E-state index in [0.29, 0.717) is 35.8 Å². The highest BCUT2D eigenvalue weighted by atomic mass is 35.5. The average molecular weight is 549 g/mol. The summed E-state index contributed by atoms with van der Waals surface area (Å²) in [6, 6.07) is 22.4. The average Bonchev–Trinajstić information content (AvgIpc) is 3.59. The number of carbonyl (C=O) groups excluding carboxylic acids is 1. The Balaban J connectivity index is 1.21. The highest BCUT2D eigenvalue weighted by Gasteiger charge is 2.35. The molecule has 3 aromatic carbocycles. The maximum absolute atomic E-state index is 13.5. The first-order valence-corrected chi connectivity index (χ1v) is 13.1. The van der Waals surface area contributed by atoms with Gasteiger partial charge in [-0.25, -0.2) is 4.68 Å². The third-order valence-corrected chi connectivity index (χ3v) is 7.67. The molecule has 1 saturated heterocycles. The molecule has 0 spiro atoms. The van der Waals surface area contributed by atoms with Crippen molar-refractivity contribution >= 4 is 28.4 Å². The second-order valence-electron chi connectivity index (χ2n) is 9.71. The van der Waals surface area contributed by atoms with Crippen molar-refractivity contribution in [2.45, 2.75) is 24.9 Å². The number of aromatic nitrogens is 3. The van der Waals surface area contributed by atoms with Gasteiger partial charge in [-0.05, 0) is 60.7 Å². The summed E-state index contributed by atoms with van der Waals surface area (Å²) in [5.41, 5.74) is 2.93. The number of fused-ring (bicyclic) bond motifs is 1. The van der Waals surface area contributed by atoms with Crippen LogP contribution in [0.4, 0.5) is 13.2 Å². The van der Waals surface area contributed by atoms with Gasteiger partial charge in [0, 0.05) is 41.3 Å². The molecule has 2 aromatic heterocycles. The van der Waals surface area contributed by atoms with Crippen molar-refractivity contribution in [2.75, 3.05) is 13.1 Å². The van der Waals surface area contributed by atoms with E-state index in [1.807, 2.05) is 17.0 Å². The standard InChI is InChI=1S/C30H24ClF3N4O/c31-24-6-2-4-8-26(24)38-27(17-28(36-38)30(32,33)34)20-9-11-21(12-10-20)29(39)37-15-13-19(14-16-37)23-18-35-25-7-3-1-5-22(23)25/h1-12,17-19,35H,13-16H2. The van der Waals surface area contributed by atoms with E-state index >= 15 is 0 Å². The Morgan fingerprint density at radius 1 is 0.949 bits per heavy atom. The first kappa shape index (κ1) is 25.2. The predicted octanol–water partition coefficient (Wildman–Crippen LogP) is 7.71. The van der Waals surface area contributed by atoms with Crippen LogP contribution in [0.15, 0.2) is 85.1 Å². The van der Waals surface area contributed by atoms with Crippen LogP contribution in [0.1, 0.15) is 40.4 Å². The van der Waals surface area contributed by atoms with Crippen molar-refractivity contribution in [1.82, 2.24) is 19.7 Å². The molecule has 0 bridgehead atoms. The number of H-pyrrole nitrogens is 1. The fourth-order valence-corrected chi connectivity index (χ4v) is 5.54. The number of rotatable bonds is 4. The summed E-state index contributed by atoms with van der Waals surface area (Å²) in [6.45, 7) is 1.28. The lowest BCUT2D eigenvalue weighted by atomic mass is 9.89. The second kappa shape index (κ2) is 9.93. The summed E-state index contributed by atoms with van der Waals surface area (Å²) in [6.07, 6.45) is -0.815. The van der Waals surface area contributed by atoms with Crippen molar-refractivity contribution in [3.63, 3.8) is 0 Å². The van der Waals surface area contributed by atoms with Crippen LogP contribution < -0.4 is 0 Å². The summed E-state index contributed by atoms with van der Waals surface area (Å²) in [4.78, 5) is 18.4. The summed E-state index contributed by atoms with van der Waals surface area (Å²) in [5, 5.41) is 5.30. The maximum atomic E-state index is 13.5. The molecule has 1 N–H and O–H groups in total. The Morgan fingerprint density at radius 2 is 1.64 bits per heavy atom. The molecule has 6 rings (SSSR count). The minimum Gasteiger partial charge on any atom is -0.361 e. The topological polar surface area (TPSA) is 53.9 Å². The minimum atomic E-state index is -4.62. The molecule has 1 aliphatic heterocycles. The van der Waals surface area contributed by atoms with E-state index in [9.17, 15) is 18.0 Å². The van der Waals surface area contributed by atoms with E-state index in [4.69, 9.17) is 11.6 Å². The molecule has 1 aliphatic rings. The molecule has 0 unspecified atom stereocenters. The zero-order valence-electron chi connectivity index (χ0n) is 20.8. The largest absolute Gasteiger partial charge is 0.435 e. The molecule has 0 aliphatic carbocycles. The van der Waals surface area contributed by atoms with Gasteiger partial charge in [0.25, 0.3) is 5.91 Å². The number of benzene rings is 3. The number of halogens is 4. The van der Waals surface area contributed by atoms with Crippen LogP contribution in [0.5, 0.6) is 0 Å². The number of nitrogens with one attached hydrogen (secondary N) is 1. The number of para-hydroxylation sites is 2. The molecular formula is C30H24ClF3N4O. The van der Waals surface area contributed by atoms with Crippen molar-refractivity contribution < 1.29 is 18.0 Å². The van der Waals surface area contributed by atoms with Gasteiger partial charge in [0.15, 0.2) is 5.69 Å². The van der Waals surface area contributed by atoms with Crippen LogP contribution in [0, 0.1) is 0 Å². The zero-order valence-corrected chi connectivity index (χ0v) is 21.5. The predicted molar refractivity (Wildman–Crippen MR) is 145 cm³/mol. The third-order valence-electron chi connectivity index (χ3n) is 7.35. The molecule has 5 nitrogen and oxygen atoms in total. The third kappa shape index (κ3) is 4.81. The molecule has 0 radical (unpaired) electrons. The van der Waals surface area contributed by atoms with Gasteiger partial charge in [-0.1, -0.05) is 54.1 Å². The molecule has 0 saturated carbocycles. The van der Waals surface area contributed by atoms with Crippen molar-refractivity contribution in [3.05, 3.63) is 107 Å². The Hall–Kier alpha value is -4.04. The number of carbonyl (C=O) groups is 1. The maximum Gasteiger partial charge on any atom is 0.435 e. The number of alkyl halides is 3. The first-order chi connectivity index (χ1) is 18.8. The molecule has 0 atom stereocenters. The number of nitrogens with zero attached hydrogens (tertiary/aromatic N) is 3. The van der Waals surface area contributed by atoms with Crippen LogP contribution in [0.25, 0.3) is 27.8 Å². The van der Waals surface area contributed by atoms with Gasteiger partial charge in [-0.3, -0.25) is 4.79 Å². The summed E-state index contributed by atoms with van der Waals surface area (Å²) < 4.78 is 41.8. The molecule has 1 fully saturated rings. The van der Waals surface area contributed by atoms with E-state index < -0.39 is 11.9 Å². The molecule has 198 valence electrons. The number of amides is 1. The Labute approximate surface area is 227 Å². The highest BCUT2D eigenvalue weighted by molar-refractivity contribution is 6.32. The van der Waals surface area contributed by atoms with Crippen molar-refractivity contribution in [1.29, 1.82) is 0 Å². The summed E-state index contributed by atoms with van der Waals surface area (Å²) in [5.74, 6) is 0.287. The summed E-state index contributed by atoms with van der Waals surface area (Å²) in [7, 11) is 0. The monoisotopic (exact) mass is 548 g/mol. The molecule has 9 heteroatoms. The Kier molecular flexibility index (Phi) is 6.43. The van der Waals surface area contributed by atoms with E-state index in [2.05, 4.69) is 28.4 Å². The normalized spacial score (nSPS) is 14.7. The number of hydrogen-bond donors (Lipinski definition) is 1. The lowest BCUT2D eigenvalue weighted by Gasteiger charge is -2.32. The number of hydrogen-bond acceptors (Lipinski definition) is 2. The lowest BCUT2D eigenvalue weighted by molar-refractivity contribution is -0.141. The molecule has 3 heterocycles. The quantitative estimate of drug-likeness (QED) is 0.250. The van der Waals surface area contributed by atoms with Gasteiger partial charge in [-0.2, -0.15) is 18.3 Å². The number of piperidine rings is 1. The van der Waals surface area contributed by atoms with Gasteiger partial charge in [0.1, 0.15) is 0 Å².